The largest absolute Gasteiger partial charge is 0.493 e. The minimum absolute atomic E-state index is 0.0752. The number of para-hydroxylation sites is 2. The maximum atomic E-state index is 12.4. The number of anilines is 1. The highest BCUT2D eigenvalue weighted by atomic mass is 16.5. The fourth-order valence-corrected chi connectivity index (χ4v) is 3.81. The zero-order valence-corrected chi connectivity index (χ0v) is 15.7. The Balaban J connectivity index is 1.99. The summed E-state index contributed by atoms with van der Waals surface area (Å²) in [6.07, 6.45) is 0.274. The number of carbonyl (C=O) groups excluding carboxylic acids is 1. The fraction of sp³-hybridized carbons (Fsp3) is 0.300. The summed E-state index contributed by atoms with van der Waals surface area (Å²) < 4.78 is 18.7. The molecule has 2 heterocycles. The Morgan fingerprint density at radius 2 is 1.85 bits per heavy atom. The van der Waals surface area contributed by atoms with Crippen molar-refractivity contribution < 1.29 is 19.0 Å². The Morgan fingerprint density at radius 3 is 2.52 bits per heavy atom. The summed E-state index contributed by atoms with van der Waals surface area (Å²) in [5, 5.41) is 2.92. The SMILES string of the molecule is COc1cc2c(c(OC)c1OC)C(c1nc3ccccc3n1C)CC(=O)N2. The number of amides is 1. The van der Waals surface area contributed by atoms with Gasteiger partial charge in [0, 0.05) is 25.1 Å². The Bertz CT molecular complexity index is 1040. The van der Waals surface area contributed by atoms with Crippen LogP contribution in [0.2, 0.25) is 0 Å². The molecular weight excluding hydrogens is 346 g/mol. The van der Waals surface area contributed by atoms with Gasteiger partial charge in [-0.1, -0.05) is 12.1 Å². The van der Waals surface area contributed by atoms with E-state index in [2.05, 4.69) is 5.32 Å². The maximum Gasteiger partial charge on any atom is 0.225 e. The van der Waals surface area contributed by atoms with Gasteiger partial charge in [0.1, 0.15) is 5.82 Å². The first kappa shape index (κ1) is 17.2. The number of aromatic nitrogens is 2. The van der Waals surface area contributed by atoms with E-state index >= 15 is 0 Å². The normalized spacial score (nSPS) is 16.0. The van der Waals surface area contributed by atoms with Gasteiger partial charge in [0.15, 0.2) is 11.5 Å². The first-order valence-corrected chi connectivity index (χ1v) is 8.63. The number of nitrogens with one attached hydrogen (secondary N) is 1. The second-order valence-electron chi connectivity index (χ2n) is 6.43. The van der Waals surface area contributed by atoms with Gasteiger partial charge in [0.05, 0.1) is 44.0 Å². The number of ether oxygens (including phenoxy) is 3. The molecule has 1 unspecified atom stereocenters. The lowest BCUT2D eigenvalue weighted by molar-refractivity contribution is -0.116. The topological polar surface area (TPSA) is 74.6 Å². The number of fused-ring (bicyclic) bond motifs is 2. The molecule has 0 fully saturated rings. The summed E-state index contributed by atoms with van der Waals surface area (Å²) in [5.41, 5.74) is 3.40. The molecule has 0 bridgehead atoms. The highest BCUT2D eigenvalue weighted by molar-refractivity contribution is 5.97. The van der Waals surface area contributed by atoms with Crippen LogP contribution in [0, 0.1) is 0 Å². The van der Waals surface area contributed by atoms with E-state index in [0.29, 0.717) is 22.9 Å². The van der Waals surface area contributed by atoms with Crippen molar-refractivity contribution in [2.75, 3.05) is 26.6 Å². The standard InChI is InChI=1S/C20H21N3O4/c1-23-14-8-6-5-7-12(14)22-20(23)11-9-16(24)21-13-10-15(25-2)18(26-3)19(27-4)17(11)13/h5-8,10-11H,9H2,1-4H3,(H,21,24). The number of nitrogens with zero attached hydrogens (tertiary/aromatic N) is 2. The van der Waals surface area contributed by atoms with E-state index in [9.17, 15) is 4.79 Å². The summed E-state index contributed by atoms with van der Waals surface area (Å²) in [6, 6.07) is 9.68. The van der Waals surface area contributed by atoms with Gasteiger partial charge in [-0.2, -0.15) is 0 Å². The quantitative estimate of drug-likeness (QED) is 0.767. The lowest BCUT2D eigenvalue weighted by Crippen LogP contribution is -2.26. The number of hydrogen-bond acceptors (Lipinski definition) is 5. The average Bonchev–Trinajstić information content (AvgIpc) is 3.02. The number of methoxy groups -OCH3 is 3. The van der Waals surface area contributed by atoms with Crippen molar-refractivity contribution in [3.63, 3.8) is 0 Å². The molecule has 1 amide bonds. The molecule has 0 saturated heterocycles. The molecule has 1 aromatic heterocycles. The average molecular weight is 367 g/mol. The van der Waals surface area contributed by atoms with Gasteiger partial charge in [-0.05, 0) is 12.1 Å². The monoisotopic (exact) mass is 367 g/mol. The predicted octanol–water partition coefficient (Wildman–Crippen LogP) is 3.07. The van der Waals surface area contributed by atoms with Gasteiger partial charge in [-0.15, -0.1) is 0 Å². The van der Waals surface area contributed by atoms with E-state index in [1.807, 2.05) is 35.9 Å². The van der Waals surface area contributed by atoms with Crippen LogP contribution in [0.25, 0.3) is 11.0 Å². The highest BCUT2D eigenvalue weighted by Crippen LogP contribution is 2.51. The maximum absolute atomic E-state index is 12.4. The van der Waals surface area contributed by atoms with Gasteiger partial charge in [-0.25, -0.2) is 4.98 Å². The molecule has 4 rings (SSSR count). The van der Waals surface area contributed by atoms with E-state index in [1.54, 1.807) is 27.4 Å². The van der Waals surface area contributed by atoms with Crippen molar-refractivity contribution in [3.8, 4) is 17.2 Å². The first-order chi connectivity index (χ1) is 13.1. The van der Waals surface area contributed by atoms with Crippen molar-refractivity contribution in [1.29, 1.82) is 0 Å². The number of imidazole rings is 1. The minimum atomic E-state index is -0.263. The molecular formula is C20H21N3O4. The van der Waals surface area contributed by atoms with Gasteiger partial charge in [0.2, 0.25) is 11.7 Å². The van der Waals surface area contributed by atoms with Crippen molar-refractivity contribution in [2.45, 2.75) is 12.3 Å². The summed E-state index contributed by atoms with van der Waals surface area (Å²) in [6.45, 7) is 0. The molecule has 0 radical (unpaired) electrons. The smallest absolute Gasteiger partial charge is 0.225 e. The zero-order valence-electron chi connectivity index (χ0n) is 15.7. The van der Waals surface area contributed by atoms with Gasteiger partial charge < -0.3 is 24.1 Å². The van der Waals surface area contributed by atoms with E-state index in [0.717, 1.165) is 22.4 Å². The van der Waals surface area contributed by atoms with Crippen LogP contribution >= 0.6 is 0 Å². The zero-order chi connectivity index (χ0) is 19.1. The van der Waals surface area contributed by atoms with E-state index in [-0.39, 0.29) is 18.2 Å². The lowest BCUT2D eigenvalue weighted by atomic mass is 9.88. The molecule has 1 N–H and O–H groups in total. The summed E-state index contributed by atoms with van der Waals surface area (Å²) >= 11 is 0. The number of carbonyl (C=O) groups is 1. The molecule has 7 nitrogen and oxygen atoms in total. The van der Waals surface area contributed by atoms with Gasteiger partial charge in [0.25, 0.3) is 0 Å². The molecule has 1 aliphatic rings. The van der Waals surface area contributed by atoms with Crippen LogP contribution in [0.5, 0.6) is 17.2 Å². The molecule has 3 aromatic rings. The Kier molecular flexibility index (Phi) is 4.14. The summed E-state index contributed by atoms with van der Waals surface area (Å²) in [5.74, 6) is 2.01. The summed E-state index contributed by atoms with van der Waals surface area (Å²) in [4.78, 5) is 17.2. The summed E-state index contributed by atoms with van der Waals surface area (Å²) in [7, 11) is 6.67. The van der Waals surface area contributed by atoms with Crippen molar-refractivity contribution in [2.24, 2.45) is 7.05 Å². The minimum Gasteiger partial charge on any atom is -0.493 e. The molecule has 1 aliphatic heterocycles. The number of rotatable bonds is 4. The van der Waals surface area contributed by atoms with Crippen LogP contribution < -0.4 is 19.5 Å². The third kappa shape index (κ3) is 2.58. The third-order valence-corrected chi connectivity index (χ3v) is 5.01. The predicted molar refractivity (Wildman–Crippen MR) is 102 cm³/mol. The van der Waals surface area contributed by atoms with E-state index in [1.165, 1.54) is 0 Å². The third-order valence-electron chi connectivity index (χ3n) is 5.01. The molecule has 0 spiro atoms. The van der Waals surface area contributed by atoms with Crippen LogP contribution in [0.3, 0.4) is 0 Å². The first-order valence-electron chi connectivity index (χ1n) is 8.63. The Hall–Kier alpha value is -3.22. The van der Waals surface area contributed by atoms with E-state index in [4.69, 9.17) is 19.2 Å². The fourth-order valence-electron chi connectivity index (χ4n) is 3.81. The van der Waals surface area contributed by atoms with Crippen LogP contribution in [0.15, 0.2) is 30.3 Å². The second kappa shape index (κ2) is 6.50. The molecule has 0 aliphatic carbocycles. The lowest BCUT2D eigenvalue weighted by Gasteiger charge is -2.29. The molecule has 1 atom stereocenters. The van der Waals surface area contributed by atoms with Crippen LogP contribution in [-0.2, 0) is 11.8 Å². The molecule has 2 aromatic carbocycles. The van der Waals surface area contributed by atoms with E-state index < -0.39 is 0 Å². The second-order valence-corrected chi connectivity index (χ2v) is 6.43. The molecule has 27 heavy (non-hydrogen) atoms. The van der Waals surface area contributed by atoms with Crippen LogP contribution in [0.1, 0.15) is 23.7 Å². The van der Waals surface area contributed by atoms with Crippen LogP contribution in [-0.4, -0.2) is 36.8 Å². The molecule has 140 valence electrons. The molecule has 0 saturated carbocycles. The van der Waals surface area contributed by atoms with Crippen molar-refractivity contribution in [3.05, 3.63) is 41.7 Å². The van der Waals surface area contributed by atoms with Crippen molar-refractivity contribution in [1.82, 2.24) is 9.55 Å². The number of hydrogen-bond donors (Lipinski definition) is 1. The molecule has 7 heteroatoms. The van der Waals surface area contributed by atoms with Gasteiger partial charge in [-0.3, -0.25) is 4.79 Å². The number of aryl methyl sites for hydroxylation is 1. The van der Waals surface area contributed by atoms with Crippen LogP contribution in [0.4, 0.5) is 5.69 Å². The Labute approximate surface area is 156 Å². The number of benzene rings is 2. The van der Waals surface area contributed by atoms with Gasteiger partial charge >= 0.3 is 0 Å². The Morgan fingerprint density at radius 1 is 1.11 bits per heavy atom. The highest BCUT2D eigenvalue weighted by Gasteiger charge is 2.35. The van der Waals surface area contributed by atoms with Crippen molar-refractivity contribution >= 4 is 22.6 Å².